The van der Waals surface area contributed by atoms with Gasteiger partial charge >= 0.3 is 0 Å². The van der Waals surface area contributed by atoms with Crippen LogP contribution in [0.3, 0.4) is 0 Å². The molecular formula is C18H25ClN4O2. The first-order chi connectivity index (χ1) is 11.5. The minimum Gasteiger partial charge on any atom is -0.353 e. The summed E-state index contributed by atoms with van der Waals surface area (Å²) in [7, 11) is 0. The Kier molecular flexibility index (Phi) is 6.56. The second kappa shape index (κ2) is 8.45. The fourth-order valence-electron chi connectivity index (χ4n) is 3.28. The molecule has 0 bridgehead atoms. The van der Waals surface area contributed by atoms with E-state index in [0.717, 1.165) is 36.8 Å². The Hall–Kier alpha value is -1.92. The highest BCUT2D eigenvalue weighted by molar-refractivity contribution is 5.85. The first kappa shape index (κ1) is 19.4. The Labute approximate surface area is 153 Å². The lowest BCUT2D eigenvalue weighted by Crippen LogP contribution is -2.40. The van der Waals surface area contributed by atoms with E-state index in [2.05, 4.69) is 10.3 Å². The van der Waals surface area contributed by atoms with Crippen LogP contribution in [0.5, 0.6) is 0 Å². The maximum atomic E-state index is 12.5. The van der Waals surface area contributed by atoms with Crippen LogP contribution in [0.25, 0.3) is 10.9 Å². The van der Waals surface area contributed by atoms with Gasteiger partial charge in [-0.05, 0) is 44.2 Å². The quantitative estimate of drug-likeness (QED) is 0.867. The molecule has 0 unspecified atom stereocenters. The van der Waals surface area contributed by atoms with E-state index < -0.39 is 0 Å². The Morgan fingerprint density at radius 2 is 2.04 bits per heavy atom. The summed E-state index contributed by atoms with van der Waals surface area (Å²) in [4.78, 5) is 29.0. The van der Waals surface area contributed by atoms with E-state index in [4.69, 9.17) is 5.73 Å². The second-order valence-corrected chi connectivity index (χ2v) is 6.64. The fraction of sp³-hybridized carbons (Fsp3) is 0.500. The molecule has 0 atom stereocenters. The predicted molar refractivity (Wildman–Crippen MR) is 101 cm³/mol. The van der Waals surface area contributed by atoms with Crippen molar-refractivity contribution in [2.75, 3.05) is 0 Å². The van der Waals surface area contributed by atoms with Gasteiger partial charge in [0, 0.05) is 25.0 Å². The number of hydrogen-bond donors (Lipinski definition) is 2. The lowest BCUT2D eigenvalue weighted by Gasteiger charge is -2.26. The molecule has 25 heavy (non-hydrogen) atoms. The van der Waals surface area contributed by atoms with Crippen LogP contribution in [0.4, 0.5) is 0 Å². The van der Waals surface area contributed by atoms with Gasteiger partial charge in [0.15, 0.2) is 0 Å². The number of aryl methyl sites for hydroxylation is 2. The number of carbonyl (C=O) groups is 1. The SMILES string of the molecule is Cc1cccc2c(=O)n(CCC(=O)NC3CCC(N)CC3)cnc12.Cl. The van der Waals surface area contributed by atoms with Gasteiger partial charge in [0.25, 0.3) is 5.56 Å². The molecule has 7 heteroatoms. The Balaban J connectivity index is 0.00000225. The maximum absolute atomic E-state index is 12.5. The number of para-hydroxylation sites is 1. The lowest BCUT2D eigenvalue weighted by atomic mass is 9.92. The number of aromatic nitrogens is 2. The highest BCUT2D eigenvalue weighted by Crippen LogP contribution is 2.17. The third-order valence-corrected chi connectivity index (χ3v) is 4.77. The zero-order chi connectivity index (χ0) is 17.1. The van der Waals surface area contributed by atoms with Crippen LogP contribution in [0.1, 0.15) is 37.7 Å². The van der Waals surface area contributed by atoms with Gasteiger partial charge < -0.3 is 11.1 Å². The van der Waals surface area contributed by atoms with Crippen molar-refractivity contribution in [1.82, 2.24) is 14.9 Å². The minimum absolute atomic E-state index is 0. The smallest absolute Gasteiger partial charge is 0.261 e. The number of hydrogen-bond acceptors (Lipinski definition) is 4. The van der Waals surface area contributed by atoms with Crippen LogP contribution >= 0.6 is 12.4 Å². The van der Waals surface area contributed by atoms with Crippen LogP contribution in [-0.4, -0.2) is 27.5 Å². The molecule has 6 nitrogen and oxygen atoms in total. The number of amides is 1. The normalized spacial score (nSPS) is 20.1. The molecule has 0 radical (unpaired) electrons. The summed E-state index contributed by atoms with van der Waals surface area (Å²) in [6, 6.07) is 6.04. The number of carbonyl (C=O) groups excluding carboxylic acids is 1. The van der Waals surface area contributed by atoms with E-state index in [-0.39, 0.29) is 42.4 Å². The molecule has 3 N–H and O–H groups in total. The van der Waals surface area contributed by atoms with Crippen molar-refractivity contribution in [1.29, 1.82) is 0 Å². The fourth-order valence-corrected chi connectivity index (χ4v) is 3.28. The number of nitrogens with one attached hydrogen (secondary N) is 1. The first-order valence-corrected chi connectivity index (χ1v) is 8.54. The molecule has 1 fully saturated rings. The van der Waals surface area contributed by atoms with Crippen molar-refractivity contribution < 1.29 is 4.79 Å². The molecule has 1 saturated carbocycles. The van der Waals surface area contributed by atoms with Crippen LogP contribution in [-0.2, 0) is 11.3 Å². The molecule has 2 aromatic rings. The Morgan fingerprint density at radius 3 is 2.76 bits per heavy atom. The molecule has 1 aromatic carbocycles. The first-order valence-electron chi connectivity index (χ1n) is 8.54. The number of nitrogens with zero attached hydrogens (tertiary/aromatic N) is 2. The average Bonchev–Trinajstić information content (AvgIpc) is 2.57. The largest absolute Gasteiger partial charge is 0.353 e. The maximum Gasteiger partial charge on any atom is 0.261 e. The molecule has 0 saturated heterocycles. The summed E-state index contributed by atoms with van der Waals surface area (Å²) in [5, 5.41) is 3.64. The van der Waals surface area contributed by atoms with Gasteiger partial charge in [-0.2, -0.15) is 0 Å². The van der Waals surface area contributed by atoms with Gasteiger partial charge in [-0.1, -0.05) is 12.1 Å². The van der Waals surface area contributed by atoms with E-state index >= 15 is 0 Å². The number of halogens is 1. The van der Waals surface area contributed by atoms with E-state index in [1.807, 2.05) is 19.1 Å². The monoisotopic (exact) mass is 364 g/mol. The standard InChI is InChI=1S/C18H24N4O2.ClH/c1-12-3-2-4-15-17(12)20-11-22(18(15)24)10-9-16(23)21-14-7-5-13(19)6-8-14;/h2-4,11,13-14H,5-10,19H2,1H3,(H,21,23);1H. The van der Waals surface area contributed by atoms with Gasteiger partial charge in [-0.25, -0.2) is 4.98 Å². The summed E-state index contributed by atoms with van der Waals surface area (Å²) in [5.41, 5.74) is 7.48. The van der Waals surface area contributed by atoms with Gasteiger partial charge in [0.05, 0.1) is 17.2 Å². The Bertz CT molecular complexity index is 797. The molecule has 1 amide bonds. The van der Waals surface area contributed by atoms with Gasteiger partial charge in [0.1, 0.15) is 0 Å². The van der Waals surface area contributed by atoms with E-state index in [1.54, 1.807) is 6.07 Å². The topological polar surface area (TPSA) is 90.0 Å². The van der Waals surface area contributed by atoms with Gasteiger partial charge in [-0.3, -0.25) is 14.2 Å². The van der Waals surface area contributed by atoms with E-state index in [1.165, 1.54) is 10.9 Å². The number of rotatable bonds is 4. The van der Waals surface area contributed by atoms with Crippen molar-refractivity contribution in [2.45, 2.75) is 57.7 Å². The summed E-state index contributed by atoms with van der Waals surface area (Å²) >= 11 is 0. The van der Waals surface area contributed by atoms with Crippen molar-refractivity contribution in [3.8, 4) is 0 Å². The predicted octanol–water partition coefficient (Wildman–Crippen LogP) is 1.90. The minimum atomic E-state index is -0.0971. The molecule has 0 spiro atoms. The number of nitrogens with two attached hydrogens (primary N) is 1. The number of benzene rings is 1. The van der Waals surface area contributed by atoms with Crippen molar-refractivity contribution in [3.63, 3.8) is 0 Å². The van der Waals surface area contributed by atoms with Crippen LogP contribution in [0.2, 0.25) is 0 Å². The molecule has 1 aromatic heterocycles. The van der Waals surface area contributed by atoms with Gasteiger partial charge in [0.2, 0.25) is 5.91 Å². The molecule has 1 aliphatic rings. The summed E-state index contributed by atoms with van der Waals surface area (Å²) in [6.07, 6.45) is 5.59. The van der Waals surface area contributed by atoms with Crippen molar-refractivity contribution >= 4 is 29.2 Å². The average molecular weight is 365 g/mol. The van der Waals surface area contributed by atoms with Crippen LogP contribution in [0.15, 0.2) is 29.3 Å². The summed E-state index contributed by atoms with van der Waals surface area (Å²) < 4.78 is 1.51. The lowest BCUT2D eigenvalue weighted by molar-refractivity contribution is -0.122. The highest BCUT2D eigenvalue weighted by atomic mass is 35.5. The third-order valence-electron chi connectivity index (χ3n) is 4.77. The Morgan fingerprint density at radius 1 is 1.32 bits per heavy atom. The second-order valence-electron chi connectivity index (χ2n) is 6.64. The molecule has 1 aliphatic carbocycles. The van der Waals surface area contributed by atoms with Gasteiger partial charge in [-0.15, -0.1) is 12.4 Å². The zero-order valence-electron chi connectivity index (χ0n) is 14.4. The molecule has 136 valence electrons. The summed E-state index contributed by atoms with van der Waals surface area (Å²) in [6.45, 7) is 2.27. The molecule has 1 heterocycles. The highest BCUT2D eigenvalue weighted by Gasteiger charge is 2.19. The van der Waals surface area contributed by atoms with E-state index in [9.17, 15) is 9.59 Å². The molecule has 3 rings (SSSR count). The van der Waals surface area contributed by atoms with E-state index in [0.29, 0.717) is 11.9 Å². The van der Waals surface area contributed by atoms with Crippen LogP contribution < -0.4 is 16.6 Å². The third kappa shape index (κ3) is 4.58. The molecular weight excluding hydrogens is 340 g/mol. The zero-order valence-corrected chi connectivity index (χ0v) is 15.2. The van der Waals surface area contributed by atoms with Crippen LogP contribution in [0, 0.1) is 6.92 Å². The van der Waals surface area contributed by atoms with Crippen molar-refractivity contribution in [2.24, 2.45) is 5.73 Å². The van der Waals surface area contributed by atoms with Crippen molar-refractivity contribution in [3.05, 3.63) is 40.4 Å². The number of fused-ring (bicyclic) bond motifs is 1. The summed E-state index contributed by atoms with van der Waals surface area (Å²) in [5.74, 6) is -0.0216. The molecule has 0 aliphatic heterocycles.